The van der Waals surface area contributed by atoms with E-state index in [-0.39, 0.29) is 0 Å². The first-order chi connectivity index (χ1) is 11.3. The number of hydrogen-bond acceptors (Lipinski definition) is 3. The van der Waals surface area contributed by atoms with E-state index in [0.717, 1.165) is 17.7 Å². The normalized spacial score (nSPS) is 11.7. The molecule has 0 aliphatic heterocycles. The monoisotopic (exact) mass is 333 g/mol. The summed E-state index contributed by atoms with van der Waals surface area (Å²) < 4.78 is 27.0. The number of halogens is 2. The number of rotatable bonds is 5. The van der Waals surface area contributed by atoms with Gasteiger partial charge >= 0.3 is 6.09 Å². The van der Waals surface area contributed by atoms with Crippen LogP contribution in [-0.2, 0) is 6.42 Å². The summed E-state index contributed by atoms with van der Waals surface area (Å²) in [6.45, 7) is 3.51. The molecular weight excluding hydrogens is 316 g/mol. The average molecular weight is 333 g/mol. The summed E-state index contributed by atoms with van der Waals surface area (Å²) in [7, 11) is 0. The lowest BCUT2D eigenvalue weighted by molar-refractivity contribution is 0.182. The van der Waals surface area contributed by atoms with Crippen LogP contribution in [0, 0.1) is 11.6 Å². The van der Waals surface area contributed by atoms with E-state index < -0.39 is 29.0 Å². The standard InChI is InChI=1S/C17H17F2N3O2/c1-17(2,20-16(23)24)10-11-5-3-6-12(9-11)21-22-15-13(18)7-4-8-14(15)19/h3-9,20H,10H2,1-2H3,(H,23,24). The first-order valence-electron chi connectivity index (χ1n) is 7.23. The fraction of sp³-hybridized carbons (Fsp3) is 0.235. The molecule has 0 aromatic heterocycles. The van der Waals surface area contributed by atoms with Crippen LogP contribution in [-0.4, -0.2) is 16.7 Å². The topological polar surface area (TPSA) is 74.0 Å². The van der Waals surface area contributed by atoms with Gasteiger partial charge in [0.2, 0.25) is 0 Å². The molecule has 1 amide bonds. The average Bonchev–Trinajstić information content (AvgIpc) is 2.45. The highest BCUT2D eigenvalue weighted by atomic mass is 19.1. The Morgan fingerprint density at radius 1 is 1.12 bits per heavy atom. The largest absolute Gasteiger partial charge is 0.465 e. The molecule has 2 N–H and O–H groups in total. The van der Waals surface area contributed by atoms with Gasteiger partial charge in [0.1, 0.15) is 0 Å². The quantitative estimate of drug-likeness (QED) is 0.758. The predicted octanol–water partition coefficient (Wildman–Crippen LogP) is 4.97. The van der Waals surface area contributed by atoms with Gasteiger partial charge in [-0.15, -0.1) is 5.11 Å². The van der Waals surface area contributed by atoms with Gasteiger partial charge in [0.05, 0.1) is 5.69 Å². The maximum absolute atomic E-state index is 13.5. The molecule has 0 bridgehead atoms. The van der Waals surface area contributed by atoms with Crippen LogP contribution in [0.15, 0.2) is 52.7 Å². The Labute approximate surface area is 138 Å². The van der Waals surface area contributed by atoms with Crippen LogP contribution in [0.2, 0.25) is 0 Å². The van der Waals surface area contributed by atoms with Crippen LogP contribution in [0.25, 0.3) is 0 Å². The summed E-state index contributed by atoms with van der Waals surface area (Å²) >= 11 is 0. The Morgan fingerprint density at radius 2 is 1.75 bits per heavy atom. The van der Waals surface area contributed by atoms with E-state index in [4.69, 9.17) is 5.11 Å². The second-order valence-electron chi connectivity index (χ2n) is 5.93. The van der Waals surface area contributed by atoms with Crippen LogP contribution < -0.4 is 5.32 Å². The SMILES string of the molecule is CC(C)(Cc1cccc(N=Nc2c(F)cccc2F)c1)NC(=O)O. The van der Waals surface area contributed by atoms with E-state index in [1.54, 1.807) is 32.0 Å². The van der Waals surface area contributed by atoms with Crippen LogP contribution >= 0.6 is 0 Å². The Bertz CT molecular complexity index is 756. The van der Waals surface area contributed by atoms with Gasteiger partial charge in [0.15, 0.2) is 17.3 Å². The minimum Gasteiger partial charge on any atom is -0.465 e. The number of carboxylic acid groups (broad SMARTS) is 1. The van der Waals surface area contributed by atoms with Gasteiger partial charge in [-0.05, 0) is 50.1 Å². The second kappa shape index (κ2) is 7.16. The molecule has 0 atom stereocenters. The lowest BCUT2D eigenvalue weighted by Crippen LogP contribution is -2.44. The van der Waals surface area contributed by atoms with Crippen LogP contribution in [0.4, 0.5) is 25.0 Å². The summed E-state index contributed by atoms with van der Waals surface area (Å²) in [5.41, 5.74) is 0.121. The third-order valence-corrected chi connectivity index (χ3v) is 3.20. The molecule has 2 rings (SSSR count). The molecule has 2 aromatic rings. The highest BCUT2D eigenvalue weighted by molar-refractivity contribution is 5.65. The zero-order chi connectivity index (χ0) is 17.7. The summed E-state index contributed by atoms with van der Waals surface area (Å²) in [5, 5.41) is 18.7. The van der Waals surface area contributed by atoms with Crippen molar-refractivity contribution in [3.05, 3.63) is 59.7 Å². The molecule has 0 aliphatic rings. The van der Waals surface area contributed by atoms with E-state index in [2.05, 4.69) is 15.5 Å². The van der Waals surface area contributed by atoms with Gasteiger partial charge in [-0.3, -0.25) is 0 Å². The van der Waals surface area contributed by atoms with Crippen molar-refractivity contribution in [3.63, 3.8) is 0 Å². The minimum atomic E-state index is -1.11. The Morgan fingerprint density at radius 3 is 2.38 bits per heavy atom. The maximum atomic E-state index is 13.5. The molecule has 0 saturated heterocycles. The van der Waals surface area contributed by atoms with Crippen molar-refractivity contribution in [2.75, 3.05) is 0 Å². The molecule has 5 nitrogen and oxygen atoms in total. The molecule has 0 heterocycles. The van der Waals surface area contributed by atoms with Gasteiger partial charge in [0, 0.05) is 5.54 Å². The summed E-state index contributed by atoms with van der Waals surface area (Å²) in [6, 6.07) is 10.3. The van der Waals surface area contributed by atoms with E-state index in [0.29, 0.717) is 12.1 Å². The zero-order valence-electron chi connectivity index (χ0n) is 13.3. The lowest BCUT2D eigenvalue weighted by Gasteiger charge is -2.24. The fourth-order valence-electron chi connectivity index (χ4n) is 2.26. The molecule has 0 spiro atoms. The number of nitrogens with zero attached hydrogens (tertiary/aromatic N) is 2. The number of amides is 1. The third kappa shape index (κ3) is 4.84. The molecule has 2 aromatic carbocycles. The molecule has 0 fully saturated rings. The fourth-order valence-corrected chi connectivity index (χ4v) is 2.26. The first kappa shape index (κ1) is 17.5. The minimum absolute atomic E-state index is 0.418. The molecular formula is C17H17F2N3O2. The molecule has 0 radical (unpaired) electrons. The third-order valence-electron chi connectivity index (χ3n) is 3.20. The Kier molecular flexibility index (Phi) is 5.23. The van der Waals surface area contributed by atoms with E-state index >= 15 is 0 Å². The smallest absolute Gasteiger partial charge is 0.405 e. The number of benzene rings is 2. The highest BCUT2D eigenvalue weighted by Crippen LogP contribution is 2.25. The van der Waals surface area contributed by atoms with Crippen LogP contribution in [0.1, 0.15) is 19.4 Å². The number of azo groups is 1. The van der Waals surface area contributed by atoms with Gasteiger partial charge in [-0.1, -0.05) is 18.2 Å². The van der Waals surface area contributed by atoms with Gasteiger partial charge < -0.3 is 10.4 Å². The Balaban J connectivity index is 2.19. The highest BCUT2D eigenvalue weighted by Gasteiger charge is 2.20. The Hall–Kier alpha value is -2.83. The van der Waals surface area contributed by atoms with Crippen molar-refractivity contribution in [3.8, 4) is 0 Å². The van der Waals surface area contributed by atoms with Crippen molar-refractivity contribution in [1.29, 1.82) is 0 Å². The molecule has 126 valence electrons. The lowest BCUT2D eigenvalue weighted by atomic mass is 9.95. The van der Waals surface area contributed by atoms with Crippen molar-refractivity contribution >= 4 is 17.5 Å². The first-order valence-corrected chi connectivity index (χ1v) is 7.23. The van der Waals surface area contributed by atoms with Crippen LogP contribution in [0.3, 0.4) is 0 Å². The van der Waals surface area contributed by atoms with E-state index in [9.17, 15) is 13.6 Å². The number of hydrogen-bond donors (Lipinski definition) is 2. The summed E-state index contributed by atoms with van der Waals surface area (Å²) in [5.74, 6) is -1.58. The molecule has 0 unspecified atom stereocenters. The zero-order valence-corrected chi connectivity index (χ0v) is 13.3. The molecule has 0 aliphatic carbocycles. The van der Waals surface area contributed by atoms with Crippen molar-refractivity contribution in [2.24, 2.45) is 10.2 Å². The maximum Gasteiger partial charge on any atom is 0.405 e. The van der Waals surface area contributed by atoms with Crippen molar-refractivity contribution in [1.82, 2.24) is 5.32 Å². The summed E-state index contributed by atoms with van der Waals surface area (Å²) in [6.07, 6.45) is -0.678. The second-order valence-corrected chi connectivity index (χ2v) is 5.93. The molecule has 7 heteroatoms. The van der Waals surface area contributed by atoms with Crippen LogP contribution in [0.5, 0.6) is 0 Å². The molecule has 0 saturated carbocycles. The van der Waals surface area contributed by atoms with Gasteiger partial charge in [0.25, 0.3) is 0 Å². The number of nitrogens with one attached hydrogen (secondary N) is 1. The number of carbonyl (C=O) groups is 1. The van der Waals surface area contributed by atoms with Gasteiger partial charge in [-0.2, -0.15) is 5.11 Å². The summed E-state index contributed by atoms with van der Waals surface area (Å²) in [4.78, 5) is 10.8. The molecule has 24 heavy (non-hydrogen) atoms. The van der Waals surface area contributed by atoms with E-state index in [1.165, 1.54) is 6.07 Å². The van der Waals surface area contributed by atoms with Crippen molar-refractivity contribution < 1.29 is 18.7 Å². The van der Waals surface area contributed by atoms with E-state index in [1.807, 2.05) is 6.07 Å². The predicted molar refractivity (Wildman–Crippen MR) is 85.9 cm³/mol. The van der Waals surface area contributed by atoms with Gasteiger partial charge in [-0.25, -0.2) is 13.6 Å². The van der Waals surface area contributed by atoms with Crippen molar-refractivity contribution in [2.45, 2.75) is 25.8 Å².